The highest BCUT2D eigenvalue weighted by Gasteiger charge is 2.31. The first-order valence-corrected chi connectivity index (χ1v) is 21.4. The zero-order valence-corrected chi connectivity index (χ0v) is 35.3. The van der Waals surface area contributed by atoms with Crippen LogP contribution in [0.25, 0.3) is 0 Å². The SMILES string of the molecule is C#C.CCCCC1(CCCC)CCc2cc(N(C)C)ccc2SC1.CCN(CC)CCN(CCCCCOc1ccccc1)CCN(CC)CC. The lowest BCUT2D eigenvalue weighted by molar-refractivity contribution is 0.182. The fourth-order valence-corrected chi connectivity index (χ4v) is 8.21. The Morgan fingerprint density at radius 1 is 0.667 bits per heavy atom. The molecule has 0 aliphatic carbocycles. The molecule has 0 spiro atoms. The van der Waals surface area contributed by atoms with Crippen LogP contribution in [0.3, 0.4) is 0 Å². The Labute approximate surface area is 321 Å². The highest BCUT2D eigenvalue weighted by molar-refractivity contribution is 7.99. The van der Waals surface area contributed by atoms with Gasteiger partial charge in [-0.05, 0) is 119 Å². The van der Waals surface area contributed by atoms with E-state index in [1.165, 1.54) is 113 Å². The van der Waals surface area contributed by atoms with Crippen molar-refractivity contribution in [3.05, 3.63) is 54.1 Å². The van der Waals surface area contributed by atoms with E-state index in [0.717, 1.165) is 45.0 Å². The van der Waals surface area contributed by atoms with Gasteiger partial charge in [-0.15, -0.1) is 24.6 Å². The van der Waals surface area contributed by atoms with Gasteiger partial charge in [0.15, 0.2) is 0 Å². The standard InChI is InChI=1S/C23H43N3O.C20H33NS.C2H2/c1-5-24(6-2)18-20-26(21-19-25(7-3)8-4)17-13-10-14-22-27-23-15-11-9-12-16-23;1-5-7-12-20(13-8-6-2)14-11-17-15-18(21(3)4)9-10-19(17)22-16-20;1-2/h9,11-12,15-16H,5-8,10,13-14,17-22H2,1-4H3;9-10,15H,5-8,11-14,16H2,1-4H3;1-2H. The van der Waals surface area contributed by atoms with E-state index >= 15 is 0 Å². The first kappa shape index (κ1) is 46.9. The van der Waals surface area contributed by atoms with Gasteiger partial charge in [0, 0.05) is 56.6 Å². The molecule has 51 heavy (non-hydrogen) atoms. The summed E-state index contributed by atoms with van der Waals surface area (Å²) in [6.45, 7) is 25.1. The van der Waals surface area contributed by atoms with Gasteiger partial charge in [-0.1, -0.05) is 85.4 Å². The monoisotopic (exact) mass is 723 g/mol. The molecule has 0 atom stereocenters. The lowest BCUT2D eigenvalue weighted by Gasteiger charge is -2.32. The molecular formula is C45H78N4OS. The molecule has 0 unspecified atom stereocenters. The summed E-state index contributed by atoms with van der Waals surface area (Å²) >= 11 is 2.12. The molecule has 1 heterocycles. The molecule has 2 aromatic rings. The lowest BCUT2D eigenvalue weighted by Crippen LogP contribution is -2.40. The van der Waals surface area contributed by atoms with Crippen molar-refractivity contribution in [1.82, 2.24) is 14.7 Å². The second-order valence-electron chi connectivity index (χ2n) is 14.3. The van der Waals surface area contributed by atoms with Gasteiger partial charge in [0.2, 0.25) is 0 Å². The maximum absolute atomic E-state index is 5.80. The number of para-hydroxylation sites is 1. The molecule has 6 heteroatoms. The zero-order chi connectivity index (χ0) is 37.7. The van der Waals surface area contributed by atoms with E-state index in [4.69, 9.17) is 4.74 Å². The highest BCUT2D eigenvalue weighted by atomic mass is 32.2. The van der Waals surface area contributed by atoms with Crippen LogP contribution in [0.1, 0.15) is 111 Å². The number of hydrogen-bond donors (Lipinski definition) is 0. The maximum Gasteiger partial charge on any atom is 0.119 e. The number of hydrogen-bond acceptors (Lipinski definition) is 6. The summed E-state index contributed by atoms with van der Waals surface area (Å²) in [7, 11) is 4.27. The second kappa shape index (κ2) is 29.3. The largest absolute Gasteiger partial charge is 0.494 e. The minimum atomic E-state index is 0.577. The molecule has 0 saturated heterocycles. The van der Waals surface area contributed by atoms with Crippen molar-refractivity contribution in [2.45, 2.75) is 117 Å². The average molecular weight is 723 g/mol. The van der Waals surface area contributed by atoms with E-state index in [1.54, 1.807) is 5.56 Å². The Morgan fingerprint density at radius 3 is 1.76 bits per heavy atom. The van der Waals surface area contributed by atoms with Gasteiger partial charge in [-0.2, -0.15) is 0 Å². The Balaban J connectivity index is 0.000000494. The van der Waals surface area contributed by atoms with Gasteiger partial charge < -0.3 is 24.3 Å². The van der Waals surface area contributed by atoms with E-state index in [9.17, 15) is 0 Å². The summed E-state index contributed by atoms with van der Waals surface area (Å²) in [6.07, 6.45) is 22.6. The number of aryl methyl sites for hydroxylation is 1. The third kappa shape index (κ3) is 19.5. The normalized spacial score (nSPS) is 13.5. The minimum absolute atomic E-state index is 0.577. The van der Waals surface area contributed by atoms with E-state index in [-0.39, 0.29) is 0 Å². The van der Waals surface area contributed by atoms with Crippen molar-refractivity contribution in [1.29, 1.82) is 0 Å². The molecule has 0 aromatic heterocycles. The molecule has 0 fully saturated rings. The molecule has 0 saturated carbocycles. The summed E-state index contributed by atoms with van der Waals surface area (Å²) in [4.78, 5) is 11.5. The van der Waals surface area contributed by atoms with Gasteiger partial charge in [-0.3, -0.25) is 0 Å². The van der Waals surface area contributed by atoms with Gasteiger partial charge >= 0.3 is 0 Å². The number of terminal acetylenes is 1. The smallest absolute Gasteiger partial charge is 0.119 e. The van der Waals surface area contributed by atoms with Crippen LogP contribution < -0.4 is 9.64 Å². The fourth-order valence-electron chi connectivity index (χ4n) is 6.81. The zero-order valence-electron chi connectivity index (χ0n) is 34.4. The molecule has 0 N–H and O–H groups in total. The second-order valence-corrected chi connectivity index (χ2v) is 15.3. The summed E-state index contributed by atoms with van der Waals surface area (Å²) in [6, 6.07) is 17.2. The van der Waals surface area contributed by atoms with Crippen LogP contribution in [0.4, 0.5) is 5.69 Å². The molecule has 0 amide bonds. The molecule has 3 rings (SSSR count). The number of unbranched alkanes of at least 4 members (excludes halogenated alkanes) is 4. The van der Waals surface area contributed by atoms with Crippen molar-refractivity contribution in [3.8, 4) is 18.6 Å². The first-order chi connectivity index (χ1) is 24.8. The van der Waals surface area contributed by atoms with Gasteiger partial charge in [0.1, 0.15) is 5.75 Å². The lowest BCUT2D eigenvalue weighted by atomic mass is 9.75. The van der Waals surface area contributed by atoms with Crippen LogP contribution >= 0.6 is 11.8 Å². The Morgan fingerprint density at radius 2 is 1.24 bits per heavy atom. The minimum Gasteiger partial charge on any atom is -0.494 e. The van der Waals surface area contributed by atoms with Crippen molar-refractivity contribution in [2.24, 2.45) is 5.41 Å². The van der Waals surface area contributed by atoms with Crippen molar-refractivity contribution in [2.75, 3.05) is 90.3 Å². The van der Waals surface area contributed by atoms with Crippen LogP contribution in [0, 0.1) is 18.3 Å². The number of thioether (sulfide) groups is 1. The molecule has 290 valence electrons. The summed E-state index contributed by atoms with van der Waals surface area (Å²) in [5, 5.41) is 0. The van der Waals surface area contributed by atoms with Crippen LogP contribution in [-0.2, 0) is 6.42 Å². The Bertz CT molecular complexity index is 1090. The fraction of sp³-hybridized carbons (Fsp3) is 0.689. The predicted molar refractivity (Wildman–Crippen MR) is 229 cm³/mol. The summed E-state index contributed by atoms with van der Waals surface area (Å²) in [5.41, 5.74) is 3.49. The summed E-state index contributed by atoms with van der Waals surface area (Å²) in [5.74, 6) is 2.30. The number of anilines is 1. The van der Waals surface area contributed by atoms with Crippen LogP contribution in [0.5, 0.6) is 5.75 Å². The Hall–Kier alpha value is -2.17. The van der Waals surface area contributed by atoms with E-state index in [1.807, 2.05) is 30.3 Å². The average Bonchev–Trinajstić information content (AvgIpc) is 3.35. The number of benzene rings is 2. The van der Waals surface area contributed by atoms with E-state index in [2.05, 4.69) is 118 Å². The van der Waals surface area contributed by atoms with Gasteiger partial charge in [-0.25, -0.2) is 0 Å². The van der Waals surface area contributed by atoms with Crippen LogP contribution in [0.15, 0.2) is 53.4 Å². The van der Waals surface area contributed by atoms with Gasteiger partial charge in [0.05, 0.1) is 6.61 Å². The predicted octanol–water partition coefficient (Wildman–Crippen LogP) is 10.6. The first-order valence-electron chi connectivity index (χ1n) is 20.4. The van der Waals surface area contributed by atoms with Gasteiger partial charge in [0.25, 0.3) is 0 Å². The molecule has 0 bridgehead atoms. The van der Waals surface area contributed by atoms with Crippen molar-refractivity contribution < 1.29 is 4.74 Å². The molecule has 0 radical (unpaired) electrons. The maximum atomic E-state index is 5.80. The highest BCUT2D eigenvalue weighted by Crippen LogP contribution is 2.45. The number of rotatable bonds is 24. The number of nitrogens with zero attached hydrogens (tertiary/aromatic N) is 4. The number of fused-ring (bicyclic) bond motifs is 1. The van der Waals surface area contributed by atoms with E-state index in [0.29, 0.717) is 5.41 Å². The topological polar surface area (TPSA) is 22.2 Å². The van der Waals surface area contributed by atoms with Crippen LogP contribution in [0.2, 0.25) is 0 Å². The number of ether oxygens (including phenoxy) is 1. The molecule has 2 aromatic carbocycles. The van der Waals surface area contributed by atoms with Crippen LogP contribution in [-0.4, -0.2) is 100 Å². The third-order valence-electron chi connectivity index (χ3n) is 10.5. The molecule has 1 aliphatic heterocycles. The van der Waals surface area contributed by atoms with E-state index < -0.39 is 0 Å². The third-order valence-corrected chi connectivity index (χ3v) is 12.0. The number of likely N-dealkylation sites (N-methyl/N-ethyl adjacent to an activating group) is 2. The van der Waals surface area contributed by atoms with Crippen molar-refractivity contribution in [3.63, 3.8) is 0 Å². The van der Waals surface area contributed by atoms with Crippen molar-refractivity contribution >= 4 is 17.4 Å². The molecular weight excluding hydrogens is 645 g/mol. The molecule has 5 nitrogen and oxygen atoms in total. The molecule has 1 aliphatic rings. The Kier molecular flexibility index (Phi) is 26.9. The summed E-state index contributed by atoms with van der Waals surface area (Å²) < 4.78 is 5.80. The quantitative estimate of drug-likeness (QED) is 0.0789.